The molecular weight excluding hydrogens is 238 g/mol. The molecule has 2 atom stereocenters. The van der Waals surface area contributed by atoms with Crippen molar-refractivity contribution in [2.75, 3.05) is 13.1 Å². The van der Waals surface area contributed by atoms with Crippen LogP contribution in [0.1, 0.15) is 10.4 Å². The Morgan fingerprint density at radius 3 is 2.44 bits per heavy atom. The maximum absolute atomic E-state index is 11.7. The minimum absolute atomic E-state index is 0.00489. The van der Waals surface area contributed by atoms with Crippen LogP contribution in [0.3, 0.4) is 0 Å². The molecule has 2 unspecified atom stereocenters. The third-order valence-electron chi connectivity index (χ3n) is 2.78. The van der Waals surface area contributed by atoms with E-state index in [9.17, 15) is 14.7 Å². The van der Waals surface area contributed by atoms with Crippen LogP contribution in [0.25, 0.3) is 0 Å². The number of aliphatic hydroxyl groups is 1. The standard InChI is InChI=1S/C12H13NO5/c14-9-6-13(12(16)17)7-10(9)18-11(15)8-4-2-1-3-5-8/h1-5,9-10,14H,6-7H2,(H,16,17). The predicted molar refractivity (Wildman–Crippen MR) is 61.3 cm³/mol. The lowest BCUT2D eigenvalue weighted by molar-refractivity contribution is 0.00171. The summed E-state index contributed by atoms with van der Waals surface area (Å²) < 4.78 is 5.10. The number of amides is 1. The van der Waals surface area contributed by atoms with E-state index in [-0.39, 0.29) is 13.1 Å². The van der Waals surface area contributed by atoms with Gasteiger partial charge in [-0.1, -0.05) is 18.2 Å². The summed E-state index contributed by atoms with van der Waals surface area (Å²) in [5.41, 5.74) is 0.374. The second-order valence-corrected chi connectivity index (χ2v) is 4.06. The third kappa shape index (κ3) is 2.60. The highest BCUT2D eigenvalue weighted by Crippen LogP contribution is 2.15. The van der Waals surface area contributed by atoms with Gasteiger partial charge >= 0.3 is 12.1 Å². The number of esters is 1. The first-order valence-electron chi connectivity index (χ1n) is 5.50. The van der Waals surface area contributed by atoms with Crippen LogP contribution >= 0.6 is 0 Å². The molecule has 6 heteroatoms. The second kappa shape index (κ2) is 5.05. The fourth-order valence-corrected chi connectivity index (χ4v) is 1.81. The first-order valence-corrected chi connectivity index (χ1v) is 5.50. The highest BCUT2D eigenvalue weighted by molar-refractivity contribution is 5.89. The molecule has 0 bridgehead atoms. The van der Waals surface area contributed by atoms with Gasteiger partial charge in [0.15, 0.2) is 0 Å². The number of carboxylic acid groups (broad SMARTS) is 1. The highest BCUT2D eigenvalue weighted by Gasteiger charge is 2.36. The molecule has 1 aromatic rings. The lowest BCUT2D eigenvalue weighted by Gasteiger charge is -2.14. The van der Waals surface area contributed by atoms with Crippen molar-refractivity contribution in [2.45, 2.75) is 12.2 Å². The van der Waals surface area contributed by atoms with Gasteiger partial charge in [-0.15, -0.1) is 0 Å². The van der Waals surface area contributed by atoms with Gasteiger partial charge in [0.1, 0.15) is 12.2 Å². The summed E-state index contributed by atoms with van der Waals surface area (Å²) in [6, 6.07) is 8.36. The number of carbonyl (C=O) groups is 2. The zero-order valence-electron chi connectivity index (χ0n) is 9.52. The van der Waals surface area contributed by atoms with E-state index in [0.717, 1.165) is 4.90 Å². The van der Waals surface area contributed by atoms with Crippen LogP contribution in [0.5, 0.6) is 0 Å². The smallest absolute Gasteiger partial charge is 0.407 e. The molecule has 1 saturated heterocycles. The molecule has 96 valence electrons. The lowest BCUT2D eigenvalue weighted by Crippen LogP contribution is -2.30. The lowest BCUT2D eigenvalue weighted by atomic mass is 10.2. The monoisotopic (exact) mass is 251 g/mol. The first-order chi connectivity index (χ1) is 8.58. The Kier molecular flexibility index (Phi) is 3.47. The maximum Gasteiger partial charge on any atom is 0.407 e. The third-order valence-corrected chi connectivity index (χ3v) is 2.78. The first kappa shape index (κ1) is 12.4. The van der Waals surface area contributed by atoms with Gasteiger partial charge in [-0.3, -0.25) is 0 Å². The van der Waals surface area contributed by atoms with Crippen molar-refractivity contribution in [3.05, 3.63) is 35.9 Å². The molecule has 0 aliphatic carbocycles. The summed E-state index contributed by atoms with van der Waals surface area (Å²) in [4.78, 5) is 23.5. The number of benzene rings is 1. The van der Waals surface area contributed by atoms with Gasteiger partial charge in [0.2, 0.25) is 0 Å². The quantitative estimate of drug-likeness (QED) is 0.750. The van der Waals surface area contributed by atoms with E-state index in [4.69, 9.17) is 9.84 Å². The van der Waals surface area contributed by atoms with Crippen molar-refractivity contribution in [2.24, 2.45) is 0 Å². The van der Waals surface area contributed by atoms with Crippen LogP contribution in [-0.4, -0.2) is 52.5 Å². The van der Waals surface area contributed by atoms with Gasteiger partial charge in [-0.05, 0) is 12.1 Å². The van der Waals surface area contributed by atoms with E-state index in [0.29, 0.717) is 5.56 Å². The number of hydrogen-bond donors (Lipinski definition) is 2. The van der Waals surface area contributed by atoms with Gasteiger partial charge in [0, 0.05) is 0 Å². The second-order valence-electron chi connectivity index (χ2n) is 4.06. The fourth-order valence-electron chi connectivity index (χ4n) is 1.81. The average Bonchev–Trinajstić information content (AvgIpc) is 2.72. The van der Waals surface area contributed by atoms with Crippen molar-refractivity contribution < 1.29 is 24.5 Å². The van der Waals surface area contributed by atoms with Crippen molar-refractivity contribution in [3.8, 4) is 0 Å². The normalized spacial score (nSPS) is 22.8. The summed E-state index contributed by atoms with van der Waals surface area (Å²) in [6.45, 7) is -0.0445. The summed E-state index contributed by atoms with van der Waals surface area (Å²) in [6.07, 6.45) is -2.92. The van der Waals surface area contributed by atoms with Crippen LogP contribution in [0, 0.1) is 0 Å². The molecule has 18 heavy (non-hydrogen) atoms. The Morgan fingerprint density at radius 1 is 1.22 bits per heavy atom. The van der Waals surface area contributed by atoms with Gasteiger partial charge in [0.25, 0.3) is 0 Å². The van der Waals surface area contributed by atoms with Gasteiger partial charge in [0.05, 0.1) is 18.7 Å². The van der Waals surface area contributed by atoms with Crippen LogP contribution in [0.4, 0.5) is 4.79 Å². The number of aliphatic hydroxyl groups excluding tert-OH is 1. The number of nitrogens with zero attached hydrogens (tertiary/aromatic N) is 1. The zero-order chi connectivity index (χ0) is 13.1. The molecule has 1 aliphatic rings. The minimum Gasteiger partial charge on any atom is -0.465 e. The summed E-state index contributed by atoms with van der Waals surface area (Å²) >= 11 is 0. The Hall–Kier alpha value is -2.08. The van der Waals surface area contributed by atoms with Crippen LogP contribution in [-0.2, 0) is 4.74 Å². The Morgan fingerprint density at radius 2 is 1.89 bits per heavy atom. The molecule has 1 aliphatic heterocycles. The van der Waals surface area contributed by atoms with E-state index >= 15 is 0 Å². The van der Waals surface area contributed by atoms with Crippen molar-refractivity contribution in [1.82, 2.24) is 4.90 Å². The van der Waals surface area contributed by atoms with E-state index in [2.05, 4.69) is 0 Å². The summed E-state index contributed by atoms with van der Waals surface area (Å²) in [5.74, 6) is -0.563. The van der Waals surface area contributed by atoms with Crippen molar-refractivity contribution in [1.29, 1.82) is 0 Å². The topological polar surface area (TPSA) is 87.1 Å². The van der Waals surface area contributed by atoms with E-state index < -0.39 is 24.3 Å². The average molecular weight is 251 g/mol. The number of ether oxygens (including phenoxy) is 1. The number of carbonyl (C=O) groups excluding carboxylic acids is 1. The predicted octanol–water partition coefficient (Wildman–Crippen LogP) is 0.566. The largest absolute Gasteiger partial charge is 0.465 e. The Balaban J connectivity index is 1.98. The van der Waals surface area contributed by atoms with Crippen LogP contribution < -0.4 is 0 Å². The molecular formula is C12H13NO5. The Labute approximate surface area is 103 Å². The zero-order valence-corrected chi connectivity index (χ0v) is 9.52. The maximum atomic E-state index is 11.7. The number of likely N-dealkylation sites (tertiary alicyclic amines) is 1. The van der Waals surface area contributed by atoms with E-state index in [1.807, 2.05) is 0 Å². The van der Waals surface area contributed by atoms with Gasteiger partial charge in [-0.25, -0.2) is 9.59 Å². The number of rotatable bonds is 2. The molecule has 0 radical (unpaired) electrons. The van der Waals surface area contributed by atoms with Gasteiger partial charge < -0.3 is 19.8 Å². The summed E-state index contributed by atoms with van der Waals surface area (Å²) in [7, 11) is 0. The summed E-state index contributed by atoms with van der Waals surface area (Å²) in [5, 5.41) is 18.4. The molecule has 6 nitrogen and oxygen atoms in total. The molecule has 0 saturated carbocycles. The van der Waals surface area contributed by atoms with Crippen LogP contribution in [0.15, 0.2) is 30.3 Å². The van der Waals surface area contributed by atoms with E-state index in [1.165, 1.54) is 0 Å². The SMILES string of the molecule is O=C(OC1CN(C(=O)O)CC1O)c1ccccc1. The van der Waals surface area contributed by atoms with E-state index in [1.54, 1.807) is 30.3 Å². The fraction of sp³-hybridized carbons (Fsp3) is 0.333. The minimum atomic E-state index is -1.13. The highest BCUT2D eigenvalue weighted by atomic mass is 16.6. The molecule has 1 heterocycles. The Bertz CT molecular complexity index is 447. The van der Waals surface area contributed by atoms with Crippen molar-refractivity contribution >= 4 is 12.1 Å². The molecule has 0 spiro atoms. The number of β-amino-alcohol motifs (C(OH)–C–C–N with tert-alkyl or cyclic N) is 1. The molecule has 2 rings (SSSR count). The number of hydrogen-bond acceptors (Lipinski definition) is 4. The molecule has 1 amide bonds. The van der Waals surface area contributed by atoms with Crippen LogP contribution in [0.2, 0.25) is 0 Å². The van der Waals surface area contributed by atoms with Gasteiger partial charge in [-0.2, -0.15) is 0 Å². The van der Waals surface area contributed by atoms with Crippen molar-refractivity contribution in [3.63, 3.8) is 0 Å². The molecule has 0 aromatic heterocycles. The molecule has 1 fully saturated rings. The molecule has 1 aromatic carbocycles. The molecule has 2 N–H and O–H groups in total.